The Morgan fingerprint density at radius 2 is 1.90 bits per heavy atom. The van der Waals surface area contributed by atoms with Crippen LogP contribution in [-0.4, -0.2) is 39.4 Å². The Balaban J connectivity index is 0.00000200. The Bertz CT molecular complexity index is 531. The van der Waals surface area contributed by atoms with Crippen LogP contribution < -0.4 is 5.32 Å². The van der Waals surface area contributed by atoms with Crippen molar-refractivity contribution in [1.82, 2.24) is 9.62 Å². The van der Waals surface area contributed by atoms with Gasteiger partial charge in [-0.15, -0.1) is 12.4 Å². The van der Waals surface area contributed by atoms with Gasteiger partial charge < -0.3 is 5.32 Å². The van der Waals surface area contributed by atoms with Gasteiger partial charge in [-0.3, -0.25) is 0 Å². The highest BCUT2D eigenvalue weighted by Gasteiger charge is 2.30. The molecule has 1 fully saturated rings. The Kier molecular flexibility index (Phi) is 6.39. The predicted octanol–water partition coefficient (Wildman–Crippen LogP) is 1.87. The first-order chi connectivity index (χ1) is 9.05. The summed E-state index contributed by atoms with van der Waals surface area (Å²) in [7, 11) is -1.80. The zero-order valence-electron chi connectivity index (χ0n) is 11.4. The number of nitrogens with one attached hydrogen (secondary N) is 1. The van der Waals surface area contributed by atoms with Crippen LogP contribution in [-0.2, 0) is 10.0 Å². The van der Waals surface area contributed by atoms with Crippen molar-refractivity contribution < 1.29 is 12.8 Å². The van der Waals surface area contributed by atoms with Crippen molar-refractivity contribution in [2.75, 3.05) is 26.7 Å². The number of rotatable bonds is 4. The fraction of sp³-hybridized carbons (Fsp3) is 0.538. The zero-order chi connectivity index (χ0) is 13.9. The zero-order valence-corrected chi connectivity index (χ0v) is 13.0. The summed E-state index contributed by atoms with van der Waals surface area (Å²) in [5, 5.41) is 3.10. The Morgan fingerprint density at radius 1 is 1.30 bits per heavy atom. The van der Waals surface area contributed by atoms with Crippen LogP contribution in [0, 0.1) is 11.7 Å². The van der Waals surface area contributed by atoms with Crippen molar-refractivity contribution in [3.05, 3.63) is 30.1 Å². The van der Waals surface area contributed by atoms with Gasteiger partial charge in [0.15, 0.2) is 0 Å². The number of hydrogen-bond acceptors (Lipinski definition) is 3. The number of halogens is 2. The van der Waals surface area contributed by atoms with Crippen LogP contribution in [0.3, 0.4) is 0 Å². The average molecular weight is 323 g/mol. The van der Waals surface area contributed by atoms with Gasteiger partial charge in [-0.25, -0.2) is 12.8 Å². The van der Waals surface area contributed by atoms with Crippen molar-refractivity contribution in [3.63, 3.8) is 0 Å². The number of piperidine rings is 1. The standard InChI is InChI=1S/C13H19FN2O2S.ClH/c1-15-10-11-6-8-16(9-7-11)19(17,18)13-5-3-2-4-12(13)14;/h2-5,11,15H,6-10H2,1H3;1H. The fourth-order valence-electron chi connectivity index (χ4n) is 2.44. The number of nitrogens with zero attached hydrogens (tertiary/aromatic N) is 1. The molecule has 1 N–H and O–H groups in total. The minimum absolute atomic E-state index is 0. The Hall–Kier alpha value is -0.690. The molecule has 0 unspecified atom stereocenters. The van der Waals surface area contributed by atoms with Gasteiger partial charge in [-0.1, -0.05) is 12.1 Å². The van der Waals surface area contributed by atoms with Gasteiger partial charge in [0.05, 0.1) is 0 Å². The van der Waals surface area contributed by atoms with E-state index in [-0.39, 0.29) is 17.3 Å². The van der Waals surface area contributed by atoms with E-state index in [1.807, 2.05) is 7.05 Å². The lowest BCUT2D eigenvalue weighted by atomic mass is 9.98. The summed E-state index contributed by atoms with van der Waals surface area (Å²) in [6, 6.07) is 5.54. The molecule has 1 aliphatic heterocycles. The molecule has 114 valence electrons. The van der Waals surface area contributed by atoms with Crippen LogP contribution in [0.5, 0.6) is 0 Å². The second-order valence-electron chi connectivity index (χ2n) is 4.84. The summed E-state index contributed by atoms with van der Waals surface area (Å²) in [4.78, 5) is -0.220. The van der Waals surface area contributed by atoms with Crippen molar-refractivity contribution in [2.24, 2.45) is 5.92 Å². The number of benzene rings is 1. The fourth-order valence-corrected chi connectivity index (χ4v) is 3.97. The van der Waals surface area contributed by atoms with Gasteiger partial charge in [0.2, 0.25) is 10.0 Å². The minimum Gasteiger partial charge on any atom is -0.319 e. The van der Waals surface area contributed by atoms with E-state index in [1.165, 1.54) is 22.5 Å². The lowest BCUT2D eigenvalue weighted by Crippen LogP contribution is -2.40. The molecule has 1 aromatic rings. The maximum Gasteiger partial charge on any atom is 0.245 e. The van der Waals surface area contributed by atoms with E-state index in [4.69, 9.17) is 0 Å². The van der Waals surface area contributed by atoms with Gasteiger partial charge >= 0.3 is 0 Å². The van der Waals surface area contributed by atoms with Crippen molar-refractivity contribution >= 4 is 22.4 Å². The Labute approximate surface area is 125 Å². The molecule has 0 radical (unpaired) electrons. The average Bonchev–Trinajstić information content (AvgIpc) is 2.40. The smallest absolute Gasteiger partial charge is 0.245 e. The van der Waals surface area contributed by atoms with Crippen molar-refractivity contribution in [1.29, 1.82) is 0 Å². The first kappa shape index (κ1) is 17.4. The minimum atomic E-state index is -3.69. The van der Waals surface area contributed by atoms with E-state index in [0.717, 1.165) is 19.4 Å². The molecule has 1 heterocycles. The highest BCUT2D eigenvalue weighted by molar-refractivity contribution is 7.89. The molecule has 0 amide bonds. The first-order valence-electron chi connectivity index (χ1n) is 6.45. The van der Waals surface area contributed by atoms with Gasteiger partial charge in [-0.05, 0) is 44.5 Å². The second-order valence-corrected chi connectivity index (χ2v) is 6.74. The topological polar surface area (TPSA) is 49.4 Å². The molecule has 1 aliphatic rings. The monoisotopic (exact) mass is 322 g/mol. The summed E-state index contributed by atoms with van der Waals surface area (Å²) in [5.74, 6) is -0.183. The molecular formula is C13H20ClFN2O2S. The van der Waals surface area contributed by atoms with E-state index in [2.05, 4.69) is 5.32 Å². The van der Waals surface area contributed by atoms with Crippen LogP contribution in [0.15, 0.2) is 29.2 Å². The summed E-state index contributed by atoms with van der Waals surface area (Å²) in [6.07, 6.45) is 1.63. The third-order valence-corrected chi connectivity index (χ3v) is 5.45. The quantitative estimate of drug-likeness (QED) is 0.920. The largest absolute Gasteiger partial charge is 0.319 e. The summed E-state index contributed by atoms with van der Waals surface area (Å²) in [5.41, 5.74) is 0. The summed E-state index contributed by atoms with van der Waals surface area (Å²) < 4.78 is 39.7. The highest BCUT2D eigenvalue weighted by atomic mass is 35.5. The molecule has 0 aromatic heterocycles. The molecule has 0 bridgehead atoms. The molecular weight excluding hydrogens is 303 g/mol. The van der Waals surface area contributed by atoms with E-state index >= 15 is 0 Å². The molecule has 0 atom stereocenters. The van der Waals surface area contributed by atoms with Crippen molar-refractivity contribution in [3.8, 4) is 0 Å². The third-order valence-electron chi connectivity index (χ3n) is 3.52. The van der Waals surface area contributed by atoms with Gasteiger partial charge in [0.1, 0.15) is 10.7 Å². The van der Waals surface area contributed by atoms with Gasteiger partial charge in [0.25, 0.3) is 0 Å². The first-order valence-corrected chi connectivity index (χ1v) is 7.89. The highest BCUT2D eigenvalue weighted by Crippen LogP contribution is 2.24. The van der Waals surface area contributed by atoms with Crippen LogP contribution in [0.2, 0.25) is 0 Å². The number of hydrogen-bond donors (Lipinski definition) is 1. The normalized spacial score (nSPS) is 17.7. The molecule has 4 nitrogen and oxygen atoms in total. The lowest BCUT2D eigenvalue weighted by molar-refractivity contribution is 0.270. The molecule has 1 aromatic carbocycles. The second kappa shape index (κ2) is 7.36. The van der Waals surface area contributed by atoms with E-state index in [0.29, 0.717) is 19.0 Å². The predicted molar refractivity (Wildman–Crippen MR) is 79.1 cm³/mol. The molecule has 1 saturated heterocycles. The Morgan fingerprint density at radius 3 is 2.45 bits per heavy atom. The van der Waals surface area contributed by atoms with E-state index < -0.39 is 15.8 Å². The van der Waals surface area contributed by atoms with Crippen molar-refractivity contribution in [2.45, 2.75) is 17.7 Å². The van der Waals surface area contributed by atoms with E-state index in [9.17, 15) is 12.8 Å². The van der Waals surface area contributed by atoms with E-state index in [1.54, 1.807) is 6.07 Å². The molecule has 0 saturated carbocycles. The summed E-state index contributed by atoms with van der Waals surface area (Å²) in [6.45, 7) is 1.82. The number of sulfonamides is 1. The molecule has 20 heavy (non-hydrogen) atoms. The molecule has 0 aliphatic carbocycles. The maximum atomic E-state index is 13.6. The third kappa shape index (κ3) is 3.69. The molecule has 0 spiro atoms. The van der Waals surface area contributed by atoms with Crippen LogP contribution >= 0.6 is 12.4 Å². The molecule has 2 rings (SSSR count). The van der Waals surface area contributed by atoms with Gasteiger partial charge in [0, 0.05) is 13.1 Å². The SMILES string of the molecule is CNCC1CCN(S(=O)(=O)c2ccccc2F)CC1.Cl. The maximum absolute atomic E-state index is 13.6. The lowest BCUT2D eigenvalue weighted by Gasteiger charge is -2.31. The van der Waals surface area contributed by atoms with Crippen LogP contribution in [0.25, 0.3) is 0 Å². The van der Waals surface area contributed by atoms with Gasteiger partial charge in [-0.2, -0.15) is 4.31 Å². The molecule has 7 heteroatoms. The van der Waals surface area contributed by atoms with Crippen LogP contribution in [0.4, 0.5) is 4.39 Å². The summed E-state index contributed by atoms with van der Waals surface area (Å²) >= 11 is 0. The van der Waals surface area contributed by atoms with Crippen LogP contribution in [0.1, 0.15) is 12.8 Å².